The topological polar surface area (TPSA) is 175 Å². The predicted molar refractivity (Wildman–Crippen MR) is 285 cm³/mol. The van der Waals surface area contributed by atoms with E-state index in [0.717, 1.165) is 83.5 Å². The molecule has 0 aromatic rings. The maximum absolute atomic E-state index is 13.1. The van der Waals surface area contributed by atoms with Crippen LogP contribution in [0, 0.1) is 0 Å². The van der Waals surface area contributed by atoms with Crippen molar-refractivity contribution in [1.82, 2.24) is 0 Å². The first-order valence-corrected chi connectivity index (χ1v) is 29.3. The van der Waals surface area contributed by atoms with Crippen LogP contribution in [0.2, 0.25) is 0 Å². The molecule has 6 atom stereocenters. The van der Waals surface area contributed by atoms with E-state index in [-0.39, 0.29) is 25.9 Å². The SMILES string of the molecule is CCCCCCCC/C=C\CCCCCCCCCC(=O)OCC(COC1OC(C(=O)O)C(O)C(O)C1OC(=O)CCCCCCC/C=C\CCCCCCCC)OC(=O)CCCCCCCCCCC. The molecule has 0 aliphatic carbocycles. The van der Waals surface area contributed by atoms with Crippen molar-refractivity contribution >= 4 is 23.9 Å². The fourth-order valence-corrected chi connectivity index (χ4v) is 8.95. The van der Waals surface area contributed by atoms with Crippen molar-refractivity contribution in [3.05, 3.63) is 24.3 Å². The van der Waals surface area contributed by atoms with Crippen LogP contribution >= 0.6 is 0 Å². The Morgan fingerprint density at radius 1 is 0.451 bits per heavy atom. The fourth-order valence-electron chi connectivity index (χ4n) is 8.95. The van der Waals surface area contributed by atoms with Crippen molar-refractivity contribution in [2.45, 2.75) is 314 Å². The molecule has 6 unspecified atom stereocenters. The highest BCUT2D eigenvalue weighted by molar-refractivity contribution is 5.74. The minimum Gasteiger partial charge on any atom is -0.479 e. The summed E-state index contributed by atoms with van der Waals surface area (Å²) in [6.45, 7) is 5.97. The zero-order valence-corrected chi connectivity index (χ0v) is 45.5. The van der Waals surface area contributed by atoms with Crippen molar-refractivity contribution in [3.8, 4) is 0 Å². The Balaban J connectivity index is 2.65. The van der Waals surface area contributed by atoms with E-state index in [1.807, 2.05) is 0 Å². The van der Waals surface area contributed by atoms with E-state index in [2.05, 4.69) is 45.1 Å². The molecule has 1 saturated heterocycles. The third kappa shape index (κ3) is 38.4. The minimum atomic E-state index is -1.90. The van der Waals surface area contributed by atoms with Gasteiger partial charge < -0.3 is 39.0 Å². The summed E-state index contributed by atoms with van der Waals surface area (Å²) < 4.78 is 28.4. The molecule has 0 saturated carbocycles. The van der Waals surface area contributed by atoms with E-state index in [9.17, 15) is 34.5 Å². The van der Waals surface area contributed by atoms with E-state index >= 15 is 0 Å². The lowest BCUT2D eigenvalue weighted by Gasteiger charge is -2.40. The molecule has 1 aliphatic heterocycles. The van der Waals surface area contributed by atoms with Gasteiger partial charge in [-0.2, -0.15) is 0 Å². The normalized spacial score (nSPS) is 18.6. The Morgan fingerprint density at radius 3 is 1.20 bits per heavy atom. The van der Waals surface area contributed by atoms with E-state index < -0.39 is 67.3 Å². The zero-order chi connectivity index (χ0) is 51.8. The van der Waals surface area contributed by atoms with Crippen LogP contribution in [0.1, 0.15) is 278 Å². The molecule has 1 fully saturated rings. The lowest BCUT2D eigenvalue weighted by molar-refractivity contribution is -0.301. The van der Waals surface area contributed by atoms with Crippen LogP contribution in [0.25, 0.3) is 0 Å². The molecule has 12 heteroatoms. The summed E-state index contributed by atoms with van der Waals surface area (Å²) >= 11 is 0. The Hall–Kier alpha value is -2.80. The van der Waals surface area contributed by atoms with E-state index in [1.165, 1.54) is 135 Å². The van der Waals surface area contributed by atoms with Gasteiger partial charge in [0, 0.05) is 19.3 Å². The standard InChI is InChI=1S/C59H106O12/c1-4-7-10-13-16-19-21-23-25-26-28-29-31-34-36-39-42-45-51(60)67-48-50(69-52(61)46-43-40-37-33-18-15-12-9-6-3)49-68-59-57(55(64)54(63)56(71-59)58(65)66)70-53(62)47-44-41-38-35-32-30-27-24-22-20-17-14-11-8-5-2/h23-25,27,50,54-57,59,63-64H,4-22,26,28-49H2,1-3H3,(H,65,66)/b25-23-,27-24-. The average Bonchev–Trinajstić information content (AvgIpc) is 3.35. The number of aliphatic hydroxyl groups is 2. The lowest BCUT2D eigenvalue weighted by Crippen LogP contribution is -2.61. The third-order valence-electron chi connectivity index (χ3n) is 13.5. The van der Waals surface area contributed by atoms with Crippen LogP contribution in [0.4, 0.5) is 0 Å². The van der Waals surface area contributed by atoms with Gasteiger partial charge in [-0.1, -0.05) is 212 Å². The van der Waals surface area contributed by atoms with Gasteiger partial charge in [-0.25, -0.2) is 4.79 Å². The van der Waals surface area contributed by atoms with E-state index in [1.54, 1.807) is 0 Å². The van der Waals surface area contributed by atoms with Gasteiger partial charge in [-0.15, -0.1) is 0 Å². The van der Waals surface area contributed by atoms with Crippen molar-refractivity contribution < 1.29 is 58.2 Å². The van der Waals surface area contributed by atoms with E-state index in [0.29, 0.717) is 19.3 Å². The van der Waals surface area contributed by atoms with E-state index in [4.69, 9.17) is 23.7 Å². The van der Waals surface area contributed by atoms with Crippen LogP contribution in [-0.2, 0) is 42.9 Å². The second kappa shape index (κ2) is 48.2. The number of carboxylic acid groups (broad SMARTS) is 1. The summed E-state index contributed by atoms with van der Waals surface area (Å²) in [6.07, 6.45) is 41.6. The van der Waals surface area contributed by atoms with Gasteiger partial charge in [0.25, 0.3) is 0 Å². The zero-order valence-electron chi connectivity index (χ0n) is 45.5. The molecule has 0 aromatic carbocycles. The van der Waals surface area contributed by atoms with Gasteiger partial charge in [-0.05, 0) is 70.6 Å². The molecule has 0 spiro atoms. The molecule has 3 N–H and O–H groups in total. The highest BCUT2D eigenvalue weighted by Gasteiger charge is 2.50. The number of allylic oxidation sites excluding steroid dienone is 4. The number of carbonyl (C=O) groups is 4. The third-order valence-corrected chi connectivity index (χ3v) is 13.5. The average molecular weight is 1010 g/mol. The van der Waals surface area contributed by atoms with Gasteiger partial charge in [0.15, 0.2) is 24.6 Å². The molecule has 414 valence electrons. The Labute approximate surface area is 432 Å². The molecular formula is C59H106O12. The molecule has 1 heterocycles. The quantitative estimate of drug-likeness (QED) is 0.0228. The molecular weight excluding hydrogens is 901 g/mol. The number of aliphatic carboxylic acids is 1. The molecule has 0 amide bonds. The molecule has 1 rings (SSSR count). The number of aliphatic hydroxyl groups excluding tert-OH is 2. The molecule has 71 heavy (non-hydrogen) atoms. The Bertz CT molecular complexity index is 1340. The lowest BCUT2D eigenvalue weighted by atomic mass is 9.98. The fraction of sp³-hybridized carbons (Fsp3) is 0.864. The first-order chi connectivity index (χ1) is 34.6. The van der Waals surface area contributed by atoms with Crippen LogP contribution in [0.5, 0.6) is 0 Å². The number of carbonyl (C=O) groups excluding carboxylic acids is 3. The second-order valence-electron chi connectivity index (χ2n) is 20.3. The minimum absolute atomic E-state index is 0.0544. The summed E-state index contributed by atoms with van der Waals surface area (Å²) in [5.74, 6) is -3.11. The van der Waals surface area contributed by atoms with Crippen LogP contribution in [-0.4, -0.2) is 89.2 Å². The van der Waals surface area contributed by atoms with Gasteiger partial charge in [0.05, 0.1) is 6.61 Å². The van der Waals surface area contributed by atoms with Crippen molar-refractivity contribution in [2.75, 3.05) is 13.2 Å². The first-order valence-electron chi connectivity index (χ1n) is 29.3. The number of ether oxygens (including phenoxy) is 5. The summed E-state index contributed by atoms with van der Waals surface area (Å²) in [7, 11) is 0. The summed E-state index contributed by atoms with van der Waals surface area (Å²) in [4.78, 5) is 50.9. The number of esters is 3. The van der Waals surface area contributed by atoms with Crippen LogP contribution in [0.15, 0.2) is 24.3 Å². The molecule has 12 nitrogen and oxygen atoms in total. The maximum atomic E-state index is 13.1. The number of carboxylic acids is 1. The maximum Gasteiger partial charge on any atom is 0.335 e. The van der Waals surface area contributed by atoms with Gasteiger partial charge >= 0.3 is 23.9 Å². The number of hydrogen-bond donors (Lipinski definition) is 3. The van der Waals surface area contributed by atoms with Gasteiger partial charge in [0.2, 0.25) is 0 Å². The Morgan fingerprint density at radius 2 is 0.803 bits per heavy atom. The summed E-state index contributed by atoms with van der Waals surface area (Å²) in [6, 6.07) is 0. The highest BCUT2D eigenvalue weighted by atomic mass is 16.7. The first kappa shape index (κ1) is 66.2. The smallest absolute Gasteiger partial charge is 0.335 e. The molecule has 0 aromatic heterocycles. The van der Waals surface area contributed by atoms with Crippen LogP contribution in [0.3, 0.4) is 0 Å². The molecule has 1 aliphatic rings. The van der Waals surface area contributed by atoms with Gasteiger partial charge in [-0.3, -0.25) is 14.4 Å². The molecule has 0 radical (unpaired) electrons. The summed E-state index contributed by atoms with van der Waals surface area (Å²) in [5, 5.41) is 31.4. The highest BCUT2D eigenvalue weighted by Crippen LogP contribution is 2.26. The number of rotatable bonds is 50. The molecule has 0 bridgehead atoms. The Kier molecular flexibility index (Phi) is 44.9. The largest absolute Gasteiger partial charge is 0.479 e. The van der Waals surface area contributed by atoms with Gasteiger partial charge in [0.1, 0.15) is 18.8 Å². The second-order valence-corrected chi connectivity index (χ2v) is 20.3. The monoisotopic (exact) mass is 1010 g/mol. The number of unbranched alkanes of at least 4 members (excludes halogenated alkanes) is 32. The van der Waals surface area contributed by atoms with Crippen molar-refractivity contribution in [2.24, 2.45) is 0 Å². The number of hydrogen-bond acceptors (Lipinski definition) is 11. The summed E-state index contributed by atoms with van der Waals surface area (Å²) in [5.41, 5.74) is 0. The predicted octanol–water partition coefficient (Wildman–Crippen LogP) is 14.7. The van der Waals surface area contributed by atoms with Crippen molar-refractivity contribution in [3.63, 3.8) is 0 Å². The van der Waals surface area contributed by atoms with Crippen molar-refractivity contribution in [1.29, 1.82) is 0 Å². The van der Waals surface area contributed by atoms with Crippen LogP contribution < -0.4 is 0 Å².